The molecule has 0 aliphatic carbocycles. The number of carbonyl (C=O) groups is 1. The van der Waals surface area contributed by atoms with Crippen LogP contribution in [0.3, 0.4) is 0 Å². The van der Waals surface area contributed by atoms with Gasteiger partial charge in [0, 0.05) is 13.2 Å². The predicted molar refractivity (Wildman–Crippen MR) is 180 cm³/mol. The topological polar surface area (TPSA) is 86.3 Å². The number of hydrogen-bond acceptors (Lipinski definition) is 6. The summed E-state index contributed by atoms with van der Waals surface area (Å²) in [6.45, 7) is 0.834. The second kappa shape index (κ2) is 20.7. The number of hydrogen-bond donors (Lipinski definition) is 2. The van der Waals surface area contributed by atoms with Crippen LogP contribution in [0.5, 0.6) is 11.5 Å². The molecule has 0 radical (unpaired) electrons. The lowest BCUT2D eigenvalue weighted by atomic mass is 9.80. The summed E-state index contributed by atoms with van der Waals surface area (Å²) in [5.41, 5.74) is 1.70. The highest BCUT2D eigenvalue weighted by molar-refractivity contribution is 5.81. The number of aliphatic hydroxyl groups excluding tert-OH is 1. The van der Waals surface area contributed by atoms with E-state index in [1.807, 2.05) is 84.2 Å². The second-order valence-electron chi connectivity index (χ2n) is 11.8. The molecule has 10 heteroatoms. The summed E-state index contributed by atoms with van der Waals surface area (Å²) in [6, 6.07) is 25.5. The molecule has 2 N–H and O–H groups in total. The molecular formula is C38H50F3NO6. The smallest absolute Gasteiger partial charge is 0.471 e. The maximum absolute atomic E-state index is 12.2. The molecule has 7 nitrogen and oxygen atoms in total. The van der Waals surface area contributed by atoms with Crippen LogP contribution in [0.4, 0.5) is 13.2 Å². The van der Waals surface area contributed by atoms with Crippen molar-refractivity contribution in [3.63, 3.8) is 0 Å². The van der Waals surface area contributed by atoms with Gasteiger partial charge in [-0.25, -0.2) is 0 Å². The first-order chi connectivity index (χ1) is 23.2. The molecule has 0 aliphatic rings. The van der Waals surface area contributed by atoms with E-state index >= 15 is 0 Å². The fraction of sp³-hybridized carbons (Fsp3) is 0.500. The zero-order chi connectivity index (χ0) is 34.7. The average molecular weight is 674 g/mol. The van der Waals surface area contributed by atoms with Gasteiger partial charge in [0.2, 0.25) is 0 Å². The van der Waals surface area contributed by atoms with E-state index in [0.29, 0.717) is 13.0 Å². The fourth-order valence-electron chi connectivity index (χ4n) is 5.61. The molecule has 3 aromatic rings. The van der Waals surface area contributed by atoms with E-state index in [0.717, 1.165) is 86.0 Å². The maximum atomic E-state index is 12.2. The zero-order valence-corrected chi connectivity index (χ0v) is 28.1. The van der Waals surface area contributed by atoms with Gasteiger partial charge in [-0.15, -0.1) is 0 Å². The first-order valence-electron chi connectivity index (χ1n) is 16.8. The molecule has 3 rings (SSSR count). The molecule has 264 valence electrons. The Labute approximate surface area is 282 Å². The number of nitrogens with one attached hydrogen (secondary N) is 1. The van der Waals surface area contributed by atoms with Gasteiger partial charge in [0.05, 0.1) is 27.4 Å². The molecule has 0 aliphatic heterocycles. The number of methoxy groups -OCH3 is 2. The fourth-order valence-corrected chi connectivity index (χ4v) is 5.61. The van der Waals surface area contributed by atoms with Gasteiger partial charge < -0.3 is 29.4 Å². The number of ether oxygens (including phenoxy) is 4. The van der Waals surface area contributed by atoms with Crippen LogP contribution in [0.15, 0.2) is 78.9 Å². The van der Waals surface area contributed by atoms with Gasteiger partial charge in [-0.3, -0.25) is 4.79 Å². The summed E-state index contributed by atoms with van der Waals surface area (Å²) in [5, 5.41) is 12.8. The van der Waals surface area contributed by atoms with Gasteiger partial charge in [-0.2, -0.15) is 13.2 Å². The van der Waals surface area contributed by atoms with Crippen LogP contribution in [0, 0.1) is 0 Å². The van der Waals surface area contributed by atoms with Gasteiger partial charge >= 0.3 is 12.1 Å². The molecule has 0 aromatic heterocycles. The monoisotopic (exact) mass is 673 g/mol. The Morgan fingerprint density at radius 1 is 0.667 bits per heavy atom. The molecule has 0 fully saturated rings. The molecular weight excluding hydrogens is 623 g/mol. The largest absolute Gasteiger partial charge is 0.497 e. The van der Waals surface area contributed by atoms with Crippen molar-refractivity contribution >= 4 is 5.91 Å². The van der Waals surface area contributed by atoms with Crippen molar-refractivity contribution in [1.82, 2.24) is 5.32 Å². The van der Waals surface area contributed by atoms with Crippen molar-refractivity contribution in [3.8, 4) is 11.5 Å². The van der Waals surface area contributed by atoms with Gasteiger partial charge in [0.25, 0.3) is 0 Å². The Kier molecular flexibility index (Phi) is 16.7. The van der Waals surface area contributed by atoms with Crippen LogP contribution in [0.25, 0.3) is 0 Å². The van der Waals surface area contributed by atoms with Crippen molar-refractivity contribution < 1.29 is 42.0 Å². The number of halogens is 3. The normalized spacial score (nSPS) is 12.5. The third-order valence-electron chi connectivity index (χ3n) is 8.23. The van der Waals surface area contributed by atoms with E-state index in [9.17, 15) is 23.1 Å². The number of amides is 1. The summed E-state index contributed by atoms with van der Waals surface area (Å²) >= 11 is 0. The third kappa shape index (κ3) is 12.5. The van der Waals surface area contributed by atoms with Crippen LogP contribution in [-0.4, -0.2) is 63.9 Å². The lowest BCUT2D eigenvalue weighted by Crippen LogP contribution is -2.37. The molecule has 0 bridgehead atoms. The van der Waals surface area contributed by atoms with Crippen LogP contribution in [0.2, 0.25) is 0 Å². The molecule has 0 saturated carbocycles. The highest BCUT2D eigenvalue weighted by atomic mass is 19.4. The van der Waals surface area contributed by atoms with E-state index < -0.39 is 23.8 Å². The summed E-state index contributed by atoms with van der Waals surface area (Å²) in [5.74, 6) is -0.401. The summed E-state index contributed by atoms with van der Waals surface area (Å²) < 4.78 is 59.8. The predicted octanol–water partition coefficient (Wildman–Crippen LogP) is 7.97. The van der Waals surface area contributed by atoms with Crippen molar-refractivity contribution in [2.24, 2.45) is 0 Å². The SMILES string of the molecule is COc1ccc(C(OCC(O)COCCCCCCCCCCCCNC(=O)C(F)(F)F)(c2ccccc2)c2ccc(OC)cc2)cc1. The van der Waals surface area contributed by atoms with Crippen LogP contribution >= 0.6 is 0 Å². The summed E-state index contributed by atoms with van der Waals surface area (Å²) in [4.78, 5) is 10.8. The Hall–Kier alpha value is -3.60. The Balaban J connectivity index is 1.40. The second-order valence-corrected chi connectivity index (χ2v) is 11.8. The standard InChI is InChI=1S/C38H50F3NO6/c1-45-34-22-18-31(19-23-34)37(30-16-12-11-13-17-30,32-20-24-35(46-2)25-21-32)48-29-33(43)28-47-27-15-10-8-6-4-3-5-7-9-14-26-42-36(44)38(39,40)41/h11-13,16-25,33,43H,3-10,14-15,26-29H2,1-2H3,(H,42,44). The van der Waals surface area contributed by atoms with Crippen LogP contribution in [-0.2, 0) is 19.9 Å². The molecule has 3 aromatic carbocycles. The van der Waals surface area contributed by atoms with Gasteiger partial charge in [0.15, 0.2) is 0 Å². The third-order valence-corrected chi connectivity index (χ3v) is 8.23. The zero-order valence-electron chi connectivity index (χ0n) is 28.1. The molecule has 1 amide bonds. The quantitative estimate of drug-likeness (QED) is 0.0785. The van der Waals surface area contributed by atoms with Crippen molar-refractivity contribution in [1.29, 1.82) is 0 Å². The van der Waals surface area contributed by atoms with E-state index in [1.165, 1.54) is 0 Å². The van der Waals surface area contributed by atoms with Crippen molar-refractivity contribution in [2.45, 2.75) is 82.1 Å². The first kappa shape index (κ1) is 38.8. The van der Waals surface area contributed by atoms with Crippen molar-refractivity contribution in [3.05, 3.63) is 95.6 Å². The minimum absolute atomic E-state index is 0.0507. The molecule has 0 heterocycles. The first-order valence-corrected chi connectivity index (χ1v) is 16.8. The Morgan fingerprint density at radius 3 is 1.60 bits per heavy atom. The minimum Gasteiger partial charge on any atom is -0.497 e. The molecule has 0 spiro atoms. The van der Waals surface area contributed by atoms with Crippen molar-refractivity contribution in [2.75, 3.05) is 40.6 Å². The summed E-state index contributed by atoms with van der Waals surface area (Å²) in [7, 11) is 3.26. The van der Waals surface area contributed by atoms with Crippen LogP contribution < -0.4 is 14.8 Å². The van der Waals surface area contributed by atoms with Gasteiger partial charge in [0.1, 0.15) is 23.2 Å². The maximum Gasteiger partial charge on any atom is 0.471 e. The summed E-state index contributed by atoms with van der Waals surface area (Å²) in [6.07, 6.45) is 4.10. The molecule has 0 saturated heterocycles. The number of unbranched alkanes of at least 4 members (excludes halogenated alkanes) is 9. The van der Waals surface area contributed by atoms with Crippen LogP contribution in [0.1, 0.15) is 80.9 Å². The molecule has 48 heavy (non-hydrogen) atoms. The Bertz CT molecular complexity index is 1260. The number of aliphatic hydroxyl groups is 1. The number of alkyl halides is 3. The average Bonchev–Trinajstić information content (AvgIpc) is 3.10. The van der Waals surface area contributed by atoms with E-state index in [2.05, 4.69) is 0 Å². The number of rotatable bonds is 23. The highest BCUT2D eigenvalue weighted by Crippen LogP contribution is 2.41. The molecule has 1 unspecified atom stereocenters. The van der Waals surface area contributed by atoms with E-state index in [4.69, 9.17) is 18.9 Å². The van der Waals surface area contributed by atoms with E-state index in [-0.39, 0.29) is 19.8 Å². The lowest BCUT2D eigenvalue weighted by Gasteiger charge is -2.36. The van der Waals surface area contributed by atoms with E-state index in [1.54, 1.807) is 14.2 Å². The lowest BCUT2D eigenvalue weighted by molar-refractivity contribution is -0.173. The number of benzene rings is 3. The number of carbonyl (C=O) groups excluding carboxylic acids is 1. The minimum atomic E-state index is -4.81. The van der Waals surface area contributed by atoms with Gasteiger partial charge in [-0.1, -0.05) is 106 Å². The highest BCUT2D eigenvalue weighted by Gasteiger charge is 2.39. The Morgan fingerprint density at radius 2 is 1.12 bits per heavy atom. The molecule has 1 atom stereocenters. The van der Waals surface area contributed by atoms with Gasteiger partial charge in [-0.05, 0) is 53.8 Å².